The van der Waals surface area contributed by atoms with Crippen molar-refractivity contribution < 1.29 is 18.3 Å². The van der Waals surface area contributed by atoms with Crippen molar-refractivity contribution in [1.29, 1.82) is 0 Å². The molecular formula is C11H18N2O4S2. The van der Waals surface area contributed by atoms with Crippen LogP contribution in [0.4, 0.5) is 0 Å². The Morgan fingerprint density at radius 1 is 1.58 bits per heavy atom. The lowest BCUT2D eigenvalue weighted by Gasteiger charge is -2.20. The van der Waals surface area contributed by atoms with Crippen LogP contribution < -0.4 is 4.72 Å². The SMILES string of the molecule is CCCCN(C)S(=O)(=O)NC(C(=O)O)c1cccs1. The van der Waals surface area contributed by atoms with Gasteiger partial charge in [0.2, 0.25) is 0 Å². The summed E-state index contributed by atoms with van der Waals surface area (Å²) in [6, 6.07) is 2.04. The van der Waals surface area contributed by atoms with E-state index in [1.165, 1.54) is 18.4 Å². The highest BCUT2D eigenvalue weighted by molar-refractivity contribution is 7.87. The summed E-state index contributed by atoms with van der Waals surface area (Å²) < 4.78 is 27.4. The minimum atomic E-state index is -3.79. The van der Waals surface area contributed by atoms with Gasteiger partial charge in [0.1, 0.15) is 0 Å². The van der Waals surface area contributed by atoms with Crippen LogP contribution in [0.25, 0.3) is 0 Å². The molecule has 0 aromatic carbocycles. The van der Waals surface area contributed by atoms with Gasteiger partial charge in [-0.25, -0.2) is 0 Å². The molecule has 0 saturated heterocycles. The van der Waals surface area contributed by atoms with E-state index in [4.69, 9.17) is 5.11 Å². The summed E-state index contributed by atoms with van der Waals surface area (Å²) in [5.41, 5.74) is 0. The molecule has 1 atom stereocenters. The number of nitrogens with one attached hydrogen (secondary N) is 1. The lowest BCUT2D eigenvalue weighted by Crippen LogP contribution is -2.42. The fourth-order valence-corrected chi connectivity index (χ4v) is 3.34. The summed E-state index contributed by atoms with van der Waals surface area (Å²) in [6.07, 6.45) is 1.60. The summed E-state index contributed by atoms with van der Waals surface area (Å²) in [5.74, 6) is -1.21. The average Bonchev–Trinajstić information content (AvgIpc) is 2.86. The number of unbranched alkanes of at least 4 members (excludes halogenated alkanes) is 1. The van der Waals surface area contributed by atoms with Gasteiger partial charge in [0.25, 0.3) is 10.2 Å². The Bertz CT molecular complexity index is 499. The van der Waals surface area contributed by atoms with Crippen LogP contribution in [0.3, 0.4) is 0 Å². The van der Waals surface area contributed by atoms with Gasteiger partial charge in [0, 0.05) is 18.5 Å². The summed E-state index contributed by atoms with van der Waals surface area (Å²) >= 11 is 1.20. The number of carboxylic acid groups (broad SMARTS) is 1. The molecule has 0 amide bonds. The predicted molar refractivity (Wildman–Crippen MR) is 74.3 cm³/mol. The maximum Gasteiger partial charge on any atom is 0.327 e. The number of rotatable bonds is 8. The third-order valence-corrected chi connectivity index (χ3v) is 5.05. The highest BCUT2D eigenvalue weighted by Gasteiger charge is 2.28. The van der Waals surface area contributed by atoms with Crippen LogP contribution in [-0.2, 0) is 15.0 Å². The van der Waals surface area contributed by atoms with Crippen molar-refractivity contribution in [3.8, 4) is 0 Å². The van der Waals surface area contributed by atoms with Gasteiger partial charge >= 0.3 is 5.97 Å². The molecule has 0 aliphatic carbocycles. The van der Waals surface area contributed by atoms with Gasteiger partial charge in [-0.1, -0.05) is 19.4 Å². The van der Waals surface area contributed by atoms with Crippen LogP contribution in [0.5, 0.6) is 0 Å². The Hall–Kier alpha value is -0.960. The molecule has 1 heterocycles. The second-order valence-electron chi connectivity index (χ2n) is 4.08. The minimum absolute atomic E-state index is 0.364. The molecular weight excluding hydrogens is 288 g/mol. The van der Waals surface area contributed by atoms with E-state index < -0.39 is 22.2 Å². The number of nitrogens with zero attached hydrogens (tertiary/aromatic N) is 1. The fraction of sp³-hybridized carbons (Fsp3) is 0.545. The van der Waals surface area contributed by atoms with E-state index in [2.05, 4.69) is 4.72 Å². The quantitative estimate of drug-likeness (QED) is 0.761. The van der Waals surface area contributed by atoms with E-state index in [9.17, 15) is 13.2 Å². The highest BCUT2D eigenvalue weighted by atomic mass is 32.2. The lowest BCUT2D eigenvalue weighted by atomic mass is 10.3. The normalized spacial score (nSPS) is 13.6. The number of carbonyl (C=O) groups is 1. The molecule has 0 aliphatic heterocycles. The monoisotopic (exact) mass is 306 g/mol. The first kappa shape index (κ1) is 16.1. The maximum atomic E-state index is 12.0. The number of hydrogen-bond donors (Lipinski definition) is 2. The van der Waals surface area contributed by atoms with Crippen molar-refractivity contribution in [3.63, 3.8) is 0 Å². The van der Waals surface area contributed by atoms with E-state index in [0.29, 0.717) is 11.4 Å². The summed E-state index contributed by atoms with van der Waals surface area (Å²) in [7, 11) is -2.36. The van der Waals surface area contributed by atoms with Gasteiger partial charge in [-0.2, -0.15) is 17.4 Å². The van der Waals surface area contributed by atoms with E-state index in [-0.39, 0.29) is 0 Å². The van der Waals surface area contributed by atoms with Crippen LogP contribution in [0.2, 0.25) is 0 Å². The smallest absolute Gasteiger partial charge is 0.327 e. The number of hydrogen-bond acceptors (Lipinski definition) is 4. The zero-order valence-electron chi connectivity index (χ0n) is 10.9. The van der Waals surface area contributed by atoms with Crippen molar-refractivity contribution in [2.75, 3.05) is 13.6 Å². The molecule has 1 aromatic heterocycles. The van der Waals surface area contributed by atoms with Gasteiger partial charge < -0.3 is 5.11 Å². The van der Waals surface area contributed by atoms with Crippen molar-refractivity contribution in [1.82, 2.24) is 9.03 Å². The summed E-state index contributed by atoms with van der Waals surface area (Å²) in [5, 5.41) is 10.8. The largest absolute Gasteiger partial charge is 0.480 e. The van der Waals surface area contributed by atoms with Gasteiger partial charge in [0.15, 0.2) is 6.04 Å². The van der Waals surface area contributed by atoms with Crippen LogP contribution in [-0.4, -0.2) is 37.4 Å². The number of carboxylic acids is 1. The molecule has 2 N–H and O–H groups in total. The zero-order chi connectivity index (χ0) is 14.5. The molecule has 0 radical (unpaired) electrons. The Kier molecular flexibility index (Phi) is 5.92. The Morgan fingerprint density at radius 3 is 2.74 bits per heavy atom. The topological polar surface area (TPSA) is 86.7 Å². The molecule has 108 valence electrons. The van der Waals surface area contributed by atoms with E-state index >= 15 is 0 Å². The summed E-state index contributed by atoms with van der Waals surface area (Å²) in [6.45, 7) is 2.32. The van der Waals surface area contributed by atoms with E-state index in [1.807, 2.05) is 6.92 Å². The van der Waals surface area contributed by atoms with Gasteiger partial charge in [-0.15, -0.1) is 11.3 Å². The van der Waals surface area contributed by atoms with Crippen LogP contribution in [0.15, 0.2) is 17.5 Å². The molecule has 0 fully saturated rings. The molecule has 0 bridgehead atoms. The Balaban J connectivity index is 2.82. The van der Waals surface area contributed by atoms with Crippen LogP contribution in [0.1, 0.15) is 30.7 Å². The van der Waals surface area contributed by atoms with Gasteiger partial charge in [0.05, 0.1) is 0 Å². The molecule has 1 unspecified atom stereocenters. The second kappa shape index (κ2) is 6.99. The van der Waals surface area contributed by atoms with Crippen molar-refractivity contribution in [2.45, 2.75) is 25.8 Å². The molecule has 19 heavy (non-hydrogen) atoms. The molecule has 0 spiro atoms. The predicted octanol–water partition coefficient (Wildman–Crippen LogP) is 1.44. The first-order chi connectivity index (χ1) is 8.88. The average molecular weight is 306 g/mol. The number of thiophene rings is 1. The van der Waals surface area contributed by atoms with Gasteiger partial charge in [-0.05, 0) is 17.9 Å². The minimum Gasteiger partial charge on any atom is -0.480 e. The van der Waals surface area contributed by atoms with E-state index in [1.54, 1.807) is 17.5 Å². The van der Waals surface area contributed by atoms with Crippen molar-refractivity contribution in [2.24, 2.45) is 0 Å². The Labute approximate surface area is 117 Å². The maximum absolute atomic E-state index is 12.0. The molecule has 8 heteroatoms. The first-order valence-electron chi connectivity index (χ1n) is 5.88. The summed E-state index contributed by atoms with van der Waals surface area (Å²) in [4.78, 5) is 11.6. The second-order valence-corrected chi connectivity index (χ2v) is 6.87. The Morgan fingerprint density at radius 2 is 2.26 bits per heavy atom. The van der Waals surface area contributed by atoms with Gasteiger partial charge in [-0.3, -0.25) is 4.79 Å². The molecule has 6 nitrogen and oxygen atoms in total. The standard InChI is InChI=1S/C11H18N2O4S2/c1-3-4-7-13(2)19(16,17)12-10(11(14)15)9-6-5-8-18-9/h5-6,8,10,12H,3-4,7H2,1-2H3,(H,14,15). The van der Waals surface area contributed by atoms with Crippen molar-refractivity contribution in [3.05, 3.63) is 22.4 Å². The third-order valence-electron chi connectivity index (χ3n) is 2.58. The lowest BCUT2D eigenvalue weighted by molar-refractivity contribution is -0.139. The van der Waals surface area contributed by atoms with Crippen molar-refractivity contribution >= 4 is 27.5 Å². The van der Waals surface area contributed by atoms with Crippen LogP contribution in [0, 0.1) is 0 Å². The third kappa shape index (κ3) is 4.57. The van der Waals surface area contributed by atoms with E-state index in [0.717, 1.165) is 17.1 Å². The highest BCUT2D eigenvalue weighted by Crippen LogP contribution is 2.20. The zero-order valence-corrected chi connectivity index (χ0v) is 12.5. The first-order valence-corrected chi connectivity index (χ1v) is 8.20. The molecule has 1 aromatic rings. The molecule has 0 aliphatic rings. The number of aliphatic carboxylic acids is 1. The fourth-order valence-electron chi connectivity index (χ4n) is 1.43. The molecule has 0 saturated carbocycles. The van der Waals surface area contributed by atoms with Crippen LogP contribution >= 0.6 is 11.3 Å². The molecule has 1 rings (SSSR count).